The van der Waals surface area contributed by atoms with E-state index < -0.39 is 24.1 Å². The Bertz CT molecular complexity index is 816. The number of ether oxygens (including phenoxy) is 1. The minimum Gasteiger partial charge on any atom is -0.378 e. The second kappa shape index (κ2) is 5.77. The van der Waals surface area contributed by atoms with Crippen molar-refractivity contribution in [2.24, 2.45) is 0 Å². The van der Waals surface area contributed by atoms with E-state index >= 15 is 0 Å². The highest BCUT2D eigenvalue weighted by molar-refractivity contribution is 5.36. The van der Waals surface area contributed by atoms with Crippen molar-refractivity contribution in [3.63, 3.8) is 0 Å². The number of alkyl halides is 3. The maximum absolute atomic E-state index is 13.1. The molecule has 1 aromatic heterocycles. The fraction of sp³-hybridized carbons (Fsp3) is 0.471. The Balaban J connectivity index is 1.50. The van der Waals surface area contributed by atoms with Crippen LogP contribution in [0, 0.1) is 5.82 Å². The minimum absolute atomic E-state index is 0.338. The second-order valence-electron chi connectivity index (χ2n) is 6.82. The number of aromatic nitrogens is 2. The van der Waals surface area contributed by atoms with Gasteiger partial charge in [0.15, 0.2) is 5.60 Å². The van der Waals surface area contributed by atoms with Crippen LogP contribution in [0.1, 0.15) is 18.2 Å². The number of halogens is 4. The Hall–Kier alpha value is -1.97. The molecule has 0 bridgehead atoms. The average molecular weight is 371 g/mol. The molecule has 2 unspecified atom stereocenters. The zero-order valence-electron chi connectivity index (χ0n) is 13.9. The number of rotatable bonds is 3. The summed E-state index contributed by atoms with van der Waals surface area (Å²) in [6, 6.07) is 5.94. The third kappa shape index (κ3) is 2.80. The molecule has 4 rings (SSSR count). The summed E-state index contributed by atoms with van der Waals surface area (Å²) in [7, 11) is 0. The molecule has 2 aliphatic heterocycles. The predicted octanol–water partition coefficient (Wildman–Crippen LogP) is 2.41. The molecular formula is C17H17F4N3O2. The Morgan fingerprint density at radius 3 is 2.58 bits per heavy atom. The zero-order valence-corrected chi connectivity index (χ0v) is 13.9. The summed E-state index contributed by atoms with van der Waals surface area (Å²) >= 11 is 0. The van der Waals surface area contributed by atoms with Crippen molar-refractivity contribution in [2.45, 2.75) is 44.0 Å². The molecule has 140 valence electrons. The fourth-order valence-electron chi connectivity index (χ4n) is 3.33. The molecule has 0 radical (unpaired) electrons. The molecule has 2 aromatic rings. The summed E-state index contributed by atoms with van der Waals surface area (Å²) in [5, 5.41) is 14.1. The molecule has 9 heteroatoms. The second-order valence-corrected chi connectivity index (χ2v) is 6.82. The van der Waals surface area contributed by atoms with Crippen LogP contribution in [0.2, 0.25) is 0 Å². The van der Waals surface area contributed by atoms with Gasteiger partial charge in [-0.25, -0.2) is 9.07 Å². The van der Waals surface area contributed by atoms with Crippen molar-refractivity contribution in [3.8, 4) is 5.69 Å². The van der Waals surface area contributed by atoms with Gasteiger partial charge in [-0.3, -0.25) is 4.90 Å². The summed E-state index contributed by atoms with van der Waals surface area (Å²) in [5.74, 6) is -0.338. The van der Waals surface area contributed by atoms with Gasteiger partial charge in [-0.1, -0.05) is 0 Å². The Labute approximate surface area is 146 Å². The van der Waals surface area contributed by atoms with Crippen LogP contribution in [-0.4, -0.2) is 50.4 Å². The lowest BCUT2D eigenvalue weighted by molar-refractivity contribution is -0.259. The zero-order chi connectivity index (χ0) is 18.7. The first kappa shape index (κ1) is 17.4. The van der Waals surface area contributed by atoms with Crippen molar-refractivity contribution >= 4 is 0 Å². The van der Waals surface area contributed by atoms with Gasteiger partial charge in [0.05, 0.1) is 17.6 Å². The highest BCUT2D eigenvalue weighted by atomic mass is 19.4. The van der Waals surface area contributed by atoms with E-state index in [0.717, 1.165) is 23.9 Å². The smallest absolute Gasteiger partial charge is 0.378 e. The number of hydrogen-bond donors (Lipinski definition) is 1. The van der Waals surface area contributed by atoms with Crippen LogP contribution in [0.3, 0.4) is 0 Å². The summed E-state index contributed by atoms with van der Waals surface area (Å²) < 4.78 is 58.8. The third-order valence-corrected chi connectivity index (χ3v) is 4.99. The molecule has 1 fully saturated rings. The van der Waals surface area contributed by atoms with Crippen LogP contribution in [0.25, 0.3) is 5.69 Å². The maximum Gasteiger partial charge on any atom is 0.419 e. The summed E-state index contributed by atoms with van der Waals surface area (Å²) in [6.45, 7) is 1.60. The van der Waals surface area contributed by atoms with Crippen LogP contribution in [0.15, 0.2) is 30.5 Å². The predicted molar refractivity (Wildman–Crippen MR) is 83.0 cm³/mol. The SMILES string of the molecule is C[C@@](O)(C1OC1N1CCc2c(cnn2-c2ccc(F)cc2)C1)C(F)(F)F. The summed E-state index contributed by atoms with van der Waals surface area (Å²) in [6.07, 6.45) is -4.59. The van der Waals surface area contributed by atoms with Crippen molar-refractivity contribution < 1.29 is 27.4 Å². The molecule has 0 amide bonds. The highest BCUT2D eigenvalue weighted by Gasteiger charge is 2.66. The number of hydrogen-bond acceptors (Lipinski definition) is 4. The topological polar surface area (TPSA) is 53.8 Å². The van der Waals surface area contributed by atoms with E-state index in [1.165, 1.54) is 12.1 Å². The van der Waals surface area contributed by atoms with E-state index in [4.69, 9.17) is 4.74 Å². The van der Waals surface area contributed by atoms with Gasteiger partial charge in [-0.2, -0.15) is 18.3 Å². The van der Waals surface area contributed by atoms with Crippen molar-refractivity contribution in [1.29, 1.82) is 0 Å². The molecule has 1 saturated heterocycles. The Morgan fingerprint density at radius 1 is 1.23 bits per heavy atom. The highest BCUT2D eigenvalue weighted by Crippen LogP contribution is 2.44. The molecule has 3 heterocycles. The summed E-state index contributed by atoms with van der Waals surface area (Å²) in [5.41, 5.74) is -0.341. The van der Waals surface area contributed by atoms with Gasteiger partial charge in [0.25, 0.3) is 0 Å². The normalized spacial score (nSPS) is 25.6. The number of benzene rings is 1. The molecule has 2 aliphatic rings. The Kier molecular flexibility index (Phi) is 3.87. The van der Waals surface area contributed by atoms with Crippen molar-refractivity contribution in [1.82, 2.24) is 14.7 Å². The third-order valence-electron chi connectivity index (χ3n) is 4.99. The van der Waals surface area contributed by atoms with E-state index in [2.05, 4.69) is 5.10 Å². The van der Waals surface area contributed by atoms with Crippen LogP contribution in [-0.2, 0) is 17.7 Å². The molecule has 1 aromatic carbocycles. The van der Waals surface area contributed by atoms with Crippen LogP contribution < -0.4 is 0 Å². The van der Waals surface area contributed by atoms with Gasteiger partial charge in [0.1, 0.15) is 18.1 Å². The van der Waals surface area contributed by atoms with E-state index in [9.17, 15) is 22.7 Å². The van der Waals surface area contributed by atoms with Crippen LogP contribution in [0.5, 0.6) is 0 Å². The monoisotopic (exact) mass is 371 g/mol. The molecule has 5 nitrogen and oxygen atoms in total. The quantitative estimate of drug-likeness (QED) is 0.665. The number of epoxide rings is 1. The first-order chi connectivity index (χ1) is 12.2. The first-order valence-electron chi connectivity index (χ1n) is 8.19. The summed E-state index contributed by atoms with van der Waals surface area (Å²) in [4.78, 5) is 1.77. The van der Waals surface area contributed by atoms with Gasteiger partial charge in [0, 0.05) is 25.1 Å². The first-order valence-corrected chi connectivity index (χ1v) is 8.19. The van der Waals surface area contributed by atoms with Gasteiger partial charge in [0.2, 0.25) is 0 Å². The molecule has 0 spiro atoms. The standard InChI is InChI=1S/C17H17F4N3O2/c1-16(25,17(19,20)21)14-15(26-14)23-7-6-13-10(9-23)8-22-24(13)12-4-2-11(18)3-5-12/h2-5,8,14-15,25H,6-7,9H2,1H3/t14?,15?,16-/m1/s1. The minimum atomic E-state index is -4.75. The average Bonchev–Trinajstić information content (AvgIpc) is 3.28. The van der Waals surface area contributed by atoms with E-state index in [-0.39, 0.29) is 5.82 Å². The Morgan fingerprint density at radius 2 is 1.92 bits per heavy atom. The number of aliphatic hydroxyl groups is 1. The van der Waals surface area contributed by atoms with Crippen LogP contribution in [0.4, 0.5) is 17.6 Å². The largest absolute Gasteiger partial charge is 0.419 e. The number of nitrogens with zero attached hydrogens (tertiary/aromatic N) is 3. The van der Waals surface area contributed by atoms with Gasteiger partial charge >= 0.3 is 6.18 Å². The van der Waals surface area contributed by atoms with Gasteiger partial charge in [-0.05, 0) is 31.2 Å². The molecule has 3 atom stereocenters. The van der Waals surface area contributed by atoms with Crippen LogP contribution >= 0.6 is 0 Å². The van der Waals surface area contributed by atoms with Crippen molar-refractivity contribution in [2.75, 3.05) is 6.54 Å². The maximum atomic E-state index is 13.1. The lowest BCUT2D eigenvalue weighted by Crippen LogP contribution is -2.49. The molecule has 0 aliphatic carbocycles. The molecule has 1 N–H and O–H groups in total. The molecule has 26 heavy (non-hydrogen) atoms. The van der Waals surface area contributed by atoms with Gasteiger partial charge < -0.3 is 9.84 Å². The van der Waals surface area contributed by atoms with E-state index in [0.29, 0.717) is 19.5 Å². The lowest BCUT2D eigenvalue weighted by Gasteiger charge is -2.28. The molecule has 0 saturated carbocycles. The fourth-order valence-corrected chi connectivity index (χ4v) is 3.33. The molecular weight excluding hydrogens is 354 g/mol. The van der Waals surface area contributed by atoms with Gasteiger partial charge in [-0.15, -0.1) is 0 Å². The lowest BCUT2D eigenvalue weighted by atomic mass is 10.00. The van der Waals surface area contributed by atoms with Crippen molar-refractivity contribution in [3.05, 3.63) is 47.5 Å². The number of fused-ring (bicyclic) bond motifs is 1. The van der Waals surface area contributed by atoms with E-state index in [1.807, 2.05) is 0 Å². The van der Waals surface area contributed by atoms with E-state index in [1.54, 1.807) is 27.9 Å².